The predicted octanol–water partition coefficient (Wildman–Crippen LogP) is 2.74. The van der Waals surface area contributed by atoms with E-state index in [1.54, 1.807) is 36.3 Å². The number of ether oxygens (including phenoxy) is 1. The number of aromatic nitrogens is 2. The minimum Gasteiger partial charge on any atom is -0.408 e. The summed E-state index contributed by atoms with van der Waals surface area (Å²) in [5.41, 5.74) is 2.50. The highest BCUT2D eigenvalue weighted by Gasteiger charge is 2.23. The van der Waals surface area contributed by atoms with Gasteiger partial charge in [0.05, 0.1) is 23.9 Å². The van der Waals surface area contributed by atoms with E-state index in [0.29, 0.717) is 29.9 Å². The minimum absolute atomic E-state index is 0.0339. The molecule has 1 aromatic carbocycles. The molecule has 0 saturated carbocycles. The third-order valence-corrected chi connectivity index (χ3v) is 4.86. The summed E-state index contributed by atoms with van der Waals surface area (Å²) in [7, 11) is 1.63. The number of carbonyl (C=O) groups excluding carboxylic acids is 1. The second-order valence-electron chi connectivity index (χ2n) is 6.88. The summed E-state index contributed by atoms with van der Waals surface area (Å²) in [6, 6.07) is 10.5. The first-order valence-corrected chi connectivity index (χ1v) is 9.27. The van der Waals surface area contributed by atoms with Crippen LogP contribution in [-0.2, 0) is 18.3 Å². The van der Waals surface area contributed by atoms with Crippen molar-refractivity contribution in [3.05, 3.63) is 58.8 Å². The van der Waals surface area contributed by atoms with Crippen LogP contribution in [0.25, 0.3) is 11.1 Å². The van der Waals surface area contributed by atoms with Gasteiger partial charge in [-0.15, -0.1) is 0 Å². The molecule has 1 atom stereocenters. The van der Waals surface area contributed by atoms with Crippen LogP contribution in [0, 0.1) is 0 Å². The molecule has 1 N–H and O–H groups in total. The van der Waals surface area contributed by atoms with Gasteiger partial charge < -0.3 is 19.4 Å². The van der Waals surface area contributed by atoms with Gasteiger partial charge in [-0.25, -0.2) is 9.59 Å². The molecule has 0 radical (unpaired) electrons. The van der Waals surface area contributed by atoms with Crippen molar-refractivity contribution in [1.82, 2.24) is 14.5 Å². The number of hydrogen-bond donors (Lipinski definition) is 1. The Hall–Kier alpha value is -3.13. The van der Waals surface area contributed by atoms with Gasteiger partial charge in [0.25, 0.3) is 0 Å². The van der Waals surface area contributed by atoms with Crippen molar-refractivity contribution in [2.45, 2.75) is 25.5 Å². The van der Waals surface area contributed by atoms with Crippen molar-refractivity contribution >= 4 is 22.8 Å². The molecule has 0 unspecified atom stereocenters. The Morgan fingerprint density at radius 1 is 1.36 bits per heavy atom. The molecule has 3 heterocycles. The lowest BCUT2D eigenvalue weighted by atomic mass is 10.2. The van der Waals surface area contributed by atoms with E-state index in [1.165, 1.54) is 4.57 Å². The van der Waals surface area contributed by atoms with E-state index in [4.69, 9.17) is 9.15 Å². The highest BCUT2D eigenvalue weighted by Crippen LogP contribution is 2.20. The van der Waals surface area contributed by atoms with Gasteiger partial charge in [0, 0.05) is 32.1 Å². The van der Waals surface area contributed by atoms with E-state index < -0.39 is 5.76 Å². The van der Waals surface area contributed by atoms with E-state index in [1.807, 2.05) is 18.2 Å². The van der Waals surface area contributed by atoms with Gasteiger partial charge in [-0.3, -0.25) is 9.55 Å². The molecule has 0 bridgehead atoms. The number of oxazole rings is 1. The summed E-state index contributed by atoms with van der Waals surface area (Å²) in [4.78, 5) is 30.7. The van der Waals surface area contributed by atoms with Gasteiger partial charge >= 0.3 is 11.8 Å². The number of nitrogens with zero attached hydrogens (tertiary/aromatic N) is 3. The van der Waals surface area contributed by atoms with Crippen LogP contribution in [0.1, 0.15) is 18.5 Å². The van der Waals surface area contributed by atoms with Gasteiger partial charge in [0.1, 0.15) is 0 Å². The van der Waals surface area contributed by atoms with Crippen LogP contribution < -0.4 is 11.1 Å². The number of carbonyl (C=O) groups is 1. The molecule has 28 heavy (non-hydrogen) atoms. The summed E-state index contributed by atoms with van der Waals surface area (Å²) >= 11 is 0. The molecule has 2 amide bonds. The maximum atomic E-state index is 13.0. The maximum absolute atomic E-state index is 13.0. The highest BCUT2D eigenvalue weighted by atomic mass is 16.5. The monoisotopic (exact) mass is 382 g/mol. The molecule has 1 aliphatic heterocycles. The van der Waals surface area contributed by atoms with Crippen molar-refractivity contribution in [2.75, 3.05) is 18.5 Å². The molecule has 146 valence electrons. The van der Waals surface area contributed by atoms with E-state index in [9.17, 15) is 9.59 Å². The maximum Gasteiger partial charge on any atom is 0.419 e. The molecular formula is C20H22N4O4. The van der Waals surface area contributed by atoms with Crippen molar-refractivity contribution in [2.24, 2.45) is 7.05 Å². The number of anilines is 1. The molecule has 2 aromatic heterocycles. The average Bonchev–Trinajstić information content (AvgIpc) is 3.31. The summed E-state index contributed by atoms with van der Waals surface area (Å²) in [6.45, 7) is 1.61. The standard InChI is InChI=1S/C20H22N4O4/c1-23-17-11-14(7-8-18(17)28-20(23)26)22-19(25)24(13-16-6-4-10-27-16)12-15-5-2-3-9-21-15/h2-3,5,7-9,11,16H,4,6,10,12-13H2,1H3,(H,22,25)/t16-/m1/s1. The van der Waals surface area contributed by atoms with Crippen molar-refractivity contribution in [3.8, 4) is 0 Å². The first-order chi connectivity index (χ1) is 13.6. The Kier molecular flexibility index (Phi) is 5.12. The van der Waals surface area contributed by atoms with E-state index in [0.717, 1.165) is 25.1 Å². The number of fused-ring (bicyclic) bond motifs is 1. The Bertz CT molecular complexity index is 1020. The normalized spacial score (nSPS) is 16.4. The largest absolute Gasteiger partial charge is 0.419 e. The van der Waals surface area contributed by atoms with Crippen molar-refractivity contribution in [1.29, 1.82) is 0 Å². The smallest absolute Gasteiger partial charge is 0.408 e. The number of benzene rings is 1. The Balaban J connectivity index is 1.53. The fraction of sp³-hybridized carbons (Fsp3) is 0.350. The first-order valence-electron chi connectivity index (χ1n) is 9.27. The fourth-order valence-corrected chi connectivity index (χ4v) is 3.35. The fourth-order valence-electron chi connectivity index (χ4n) is 3.35. The lowest BCUT2D eigenvalue weighted by molar-refractivity contribution is 0.0816. The first kappa shape index (κ1) is 18.2. The van der Waals surface area contributed by atoms with Gasteiger partial charge in [-0.1, -0.05) is 6.07 Å². The third-order valence-electron chi connectivity index (χ3n) is 4.86. The minimum atomic E-state index is -0.436. The van der Waals surface area contributed by atoms with Crippen LogP contribution >= 0.6 is 0 Å². The zero-order valence-corrected chi connectivity index (χ0v) is 15.6. The van der Waals surface area contributed by atoms with Crippen molar-refractivity contribution in [3.63, 3.8) is 0 Å². The molecule has 8 heteroatoms. The lowest BCUT2D eigenvalue weighted by Gasteiger charge is -2.25. The number of urea groups is 1. The molecule has 0 spiro atoms. The predicted molar refractivity (Wildman–Crippen MR) is 104 cm³/mol. The molecule has 1 saturated heterocycles. The Morgan fingerprint density at radius 2 is 2.25 bits per heavy atom. The number of rotatable bonds is 5. The number of amides is 2. The van der Waals surface area contributed by atoms with Crippen LogP contribution in [0.4, 0.5) is 10.5 Å². The van der Waals surface area contributed by atoms with E-state index in [2.05, 4.69) is 10.3 Å². The summed E-state index contributed by atoms with van der Waals surface area (Å²) in [5, 5.41) is 2.91. The number of hydrogen-bond acceptors (Lipinski definition) is 5. The van der Waals surface area contributed by atoms with Crippen LogP contribution in [0.15, 0.2) is 51.8 Å². The average molecular weight is 382 g/mol. The number of nitrogens with one attached hydrogen (secondary N) is 1. The van der Waals surface area contributed by atoms with Crippen LogP contribution in [-0.4, -0.2) is 39.7 Å². The second kappa shape index (κ2) is 7.85. The molecular weight excluding hydrogens is 360 g/mol. The Morgan fingerprint density at radius 3 is 3.00 bits per heavy atom. The molecule has 3 aromatic rings. The van der Waals surface area contributed by atoms with Crippen LogP contribution in [0.3, 0.4) is 0 Å². The van der Waals surface area contributed by atoms with E-state index >= 15 is 0 Å². The van der Waals surface area contributed by atoms with E-state index in [-0.39, 0.29) is 12.1 Å². The zero-order valence-electron chi connectivity index (χ0n) is 15.6. The summed E-state index contributed by atoms with van der Waals surface area (Å²) < 4.78 is 12.2. The number of pyridine rings is 1. The zero-order chi connectivity index (χ0) is 19.5. The summed E-state index contributed by atoms with van der Waals surface area (Å²) in [5.74, 6) is -0.436. The molecule has 1 aliphatic rings. The molecule has 8 nitrogen and oxygen atoms in total. The molecule has 1 fully saturated rings. The van der Waals surface area contributed by atoms with Gasteiger partial charge in [0.15, 0.2) is 5.58 Å². The van der Waals surface area contributed by atoms with Gasteiger partial charge in [-0.2, -0.15) is 0 Å². The van der Waals surface area contributed by atoms with Gasteiger partial charge in [-0.05, 0) is 43.2 Å². The molecule has 4 rings (SSSR count). The number of aryl methyl sites for hydroxylation is 1. The SMILES string of the molecule is Cn1c(=O)oc2ccc(NC(=O)N(Cc3ccccn3)C[C@H]3CCCO3)cc21. The van der Waals surface area contributed by atoms with Gasteiger partial charge in [0.2, 0.25) is 0 Å². The highest BCUT2D eigenvalue weighted by molar-refractivity contribution is 5.91. The topological polar surface area (TPSA) is 89.6 Å². The molecule has 0 aliphatic carbocycles. The van der Waals surface area contributed by atoms with Crippen LogP contribution in [0.2, 0.25) is 0 Å². The van der Waals surface area contributed by atoms with Crippen LogP contribution in [0.5, 0.6) is 0 Å². The quantitative estimate of drug-likeness (QED) is 0.733. The third kappa shape index (κ3) is 3.91. The van der Waals surface area contributed by atoms with Crippen molar-refractivity contribution < 1.29 is 13.9 Å². The summed E-state index contributed by atoms with van der Waals surface area (Å²) in [6.07, 6.45) is 3.70. The second-order valence-corrected chi connectivity index (χ2v) is 6.88. The lowest BCUT2D eigenvalue weighted by Crippen LogP contribution is -2.39. The Labute approximate surface area is 161 Å².